The maximum Gasteiger partial charge on any atom is 0.407 e. The van der Waals surface area contributed by atoms with Crippen LogP contribution in [-0.2, 0) is 9.53 Å². The van der Waals surface area contributed by atoms with Gasteiger partial charge in [-0.1, -0.05) is 32.6 Å². The Morgan fingerprint density at radius 3 is 2.32 bits per heavy atom. The number of nitrogens with one attached hydrogen (secondary N) is 1. The van der Waals surface area contributed by atoms with E-state index < -0.39 is 17.7 Å². The molecule has 1 amide bonds. The Labute approximate surface area is 115 Å². The highest BCUT2D eigenvalue weighted by Gasteiger charge is 2.20. The minimum atomic E-state index is -0.906. The number of carbonyl (C=O) groups excluding carboxylic acids is 1. The number of unbranched alkanes of at least 4 members (excludes halogenated alkanes) is 3. The van der Waals surface area contributed by atoms with E-state index in [-0.39, 0.29) is 12.5 Å². The molecule has 0 aliphatic carbocycles. The van der Waals surface area contributed by atoms with E-state index >= 15 is 0 Å². The molecular weight excluding hydrogens is 246 g/mol. The van der Waals surface area contributed by atoms with Gasteiger partial charge in [0.2, 0.25) is 0 Å². The van der Waals surface area contributed by atoms with Crippen molar-refractivity contribution in [2.45, 2.75) is 77.9 Å². The van der Waals surface area contributed by atoms with E-state index in [1.165, 1.54) is 0 Å². The number of carboxylic acids is 1. The quantitative estimate of drug-likeness (QED) is 0.665. The second kappa shape index (κ2) is 8.77. The number of ether oxygens (including phenoxy) is 1. The Balaban J connectivity index is 4.18. The van der Waals surface area contributed by atoms with Crippen LogP contribution in [0, 0.1) is 0 Å². The second-order valence-electron chi connectivity index (χ2n) is 5.79. The van der Waals surface area contributed by atoms with Crippen molar-refractivity contribution in [3.05, 3.63) is 0 Å². The molecule has 2 N–H and O–H groups in total. The Morgan fingerprint density at radius 1 is 1.21 bits per heavy atom. The van der Waals surface area contributed by atoms with Crippen LogP contribution in [0.25, 0.3) is 0 Å². The minimum absolute atomic E-state index is 0.0641. The fraction of sp³-hybridized carbons (Fsp3) is 0.857. The van der Waals surface area contributed by atoms with Gasteiger partial charge in [-0.2, -0.15) is 0 Å². The summed E-state index contributed by atoms with van der Waals surface area (Å²) in [5, 5.41) is 11.5. The molecule has 5 heteroatoms. The maximum absolute atomic E-state index is 11.6. The normalized spacial score (nSPS) is 12.8. The first-order valence-corrected chi connectivity index (χ1v) is 6.96. The summed E-state index contributed by atoms with van der Waals surface area (Å²) < 4.78 is 5.13. The van der Waals surface area contributed by atoms with Gasteiger partial charge in [-0.25, -0.2) is 4.79 Å². The van der Waals surface area contributed by atoms with Crippen LogP contribution in [0.2, 0.25) is 0 Å². The van der Waals surface area contributed by atoms with E-state index in [2.05, 4.69) is 12.2 Å². The number of carboxylic acid groups (broad SMARTS) is 1. The molecule has 0 spiro atoms. The number of rotatable bonds is 8. The van der Waals surface area contributed by atoms with Crippen LogP contribution in [0.4, 0.5) is 4.79 Å². The van der Waals surface area contributed by atoms with Crippen molar-refractivity contribution in [3.63, 3.8) is 0 Å². The fourth-order valence-corrected chi connectivity index (χ4v) is 1.73. The summed E-state index contributed by atoms with van der Waals surface area (Å²) >= 11 is 0. The Bertz CT molecular complexity index is 284. The molecule has 5 nitrogen and oxygen atoms in total. The third-order valence-corrected chi connectivity index (χ3v) is 2.55. The first kappa shape index (κ1) is 17.7. The lowest BCUT2D eigenvalue weighted by atomic mass is 10.0. The molecule has 0 saturated carbocycles. The molecule has 1 atom stereocenters. The minimum Gasteiger partial charge on any atom is -0.481 e. The molecule has 0 aromatic rings. The van der Waals surface area contributed by atoms with E-state index in [0.717, 1.165) is 25.7 Å². The molecule has 112 valence electrons. The third kappa shape index (κ3) is 11.6. The van der Waals surface area contributed by atoms with Crippen LogP contribution in [-0.4, -0.2) is 28.8 Å². The highest BCUT2D eigenvalue weighted by molar-refractivity contribution is 5.71. The zero-order valence-electron chi connectivity index (χ0n) is 12.5. The third-order valence-electron chi connectivity index (χ3n) is 2.55. The lowest BCUT2D eigenvalue weighted by Crippen LogP contribution is -2.40. The molecule has 0 rings (SSSR count). The van der Waals surface area contributed by atoms with E-state index in [0.29, 0.717) is 6.42 Å². The summed E-state index contributed by atoms with van der Waals surface area (Å²) in [6.07, 6.45) is 4.30. The van der Waals surface area contributed by atoms with Crippen LogP contribution in [0.5, 0.6) is 0 Å². The largest absolute Gasteiger partial charge is 0.481 e. The predicted molar refractivity (Wildman–Crippen MR) is 74.2 cm³/mol. The molecule has 19 heavy (non-hydrogen) atoms. The Hall–Kier alpha value is -1.26. The average molecular weight is 273 g/mol. The topological polar surface area (TPSA) is 75.6 Å². The standard InChI is InChI=1S/C14H27NO4/c1-5-6-7-8-9-11(10-12(16)17)15-13(18)19-14(2,3)4/h11H,5-10H2,1-4H3,(H,15,18)(H,16,17). The number of alkyl carbamates (subject to hydrolysis) is 1. The highest BCUT2D eigenvalue weighted by atomic mass is 16.6. The smallest absolute Gasteiger partial charge is 0.407 e. The number of hydrogen-bond donors (Lipinski definition) is 2. The van der Waals surface area contributed by atoms with Crippen molar-refractivity contribution in [1.29, 1.82) is 0 Å². The molecule has 0 radical (unpaired) electrons. The van der Waals surface area contributed by atoms with Crippen molar-refractivity contribution >= 4 is 12.1 Å². The van der Waals surface area contributed by atoms with Crippen LogP contribution in [0.1, 0.15) is 66.2 Å². The van der Waals surface area contributed by atoms with Crippen LogP contribution in [0.3, 0.4) is 0 Å². The van der Waals surface area contributed by atoms with E-state index in [1.807, 2.05) is 0 Å². The monoisotopic (exact) mass is 273 g/mol. The molecule has 0 fully saturated rings. The molecular formula is C14H27NO4. The van der Waals surface area contributed by atoms with Gasteiger partial charge in [0.25, 0.3) is 0 Å². The highest BCUT2D eigenvalue weighted by Crippen LogP contribution is 2.11. The Morgan fingerprint density at radius 2 is 1.84 bits per heavy atom. The summed E-state index contributed by atoms with van der Waals surface area (Å²) in [7, 11) is 0. The van der Waals surface area contributed by atoms with Crippen molar-refractivity contribution in [2.75, 3.05) is 0 Å². The number of hydrogen-bond acceptors (Lipinski definition) is 3. The summed E-state index contributed by atoms with van der Waals surface area (Å²) in [4.78, 5) is 22.4. The van der Waals surface area contributed by atoms with Gasteiger partial charge in [0.05, 0.1) is 6.42 Å². The SMILES string of the molecule is CCCCCCC(CC(=O)O)NC(=O)OC(C)(C)C. The van der Waals surface area contributed by atoms with Crippen molar-refractivity contribution in [1.82, 2.24) is 5.32 Å². The summed E-state index contributed by atoms with van der Waals surface area (Å²) in [5.74, 6) is -0.906. The Kier molecular flexibility index (Phi) is 8.19. The summed E-state index contributed by atoms with van der Waals surface area (Å²) in [6, 6.07) is -0.357. The first-order chi connectivity index (χ1) is 8.74. The van der Waals surface area contributed by atoms with Gasteiger partial charge in [0, 0.05) is 6.04 Å². The zero-order chi connectivity index (χ0) is 14.9. The lowest BCUT2D eigenvalue weighted by molar-refractivity contribution is -0.137. The van der Waals surface area contributed by atoms with Crippen LogP contribution < -0.4 is 5.32 Å². The molecule has 0 bridgehead atoms. The van der Waals surface area contributed by atoms with Crippen molar-refractivity contribution in [3.8, 4) is 0 Å². The average Bonchev–Trinajstić information content (AvgIpc) is 2.20. The first-order valence-electron chi connectivity index (χ1n) is 6.96. The summed E-state index contributed by atoms with van der Waals surface area (Å²) in [5.41, 5.74) is -0.569. The second-order valence-corrected chi connectivity index (χ2v) is 5.79. The molecule has 0 aliphatic rings. The zero-order valence-corrected chi connectivity index (χ0v) is 12.5. The molecule has 0 aromatic heterocycles. The molecule has 0 saturated heterocycles. The van der Waals surface area contributed by atoms with Crippen LogP contribution >= 0.6 is 0 Å². The summed E-state index contributed by atoms with van der Waals surface area (Å²) in [6.45, 7) is 7.45. The van der Waals surface area contributed by atoms with E-state index in [9.17, 15) is 9.59 Å². The van der Waals surface area contributed by atoms with Gasteiger partial charge in [-0.05, 0) is 27.2 Å². The fourth-order valence-electron chi connectivity index (χ4n) is 1.73. The van der Waals surface area contributed by atoms with Crippen molar-refractivity contribution in [2.24, 2.45) is 0 Å². The number of amides is 1. The maximum atomic E-state index is 11.6. The van der Waals surface area contributed by atoms with Gasteiger partial charge >= 0.3 is 12.1 Å². The van der Waals surface area contributed by atoms with Crippen molar-refractivity contribution < 1.29 is 19.4 Å². The lowest BCUT2D eigenvalue weighted by Gasteiger charge is -2.23. The van der Waals surface area contributed by atoms with Gasteiger partial charge < -0.3 is 15.2 Å². The number of carbonyl (C=O) groups is 2. The molecule has 0 aliphatic heterocycles. The molecule has 0 heterocycles. The van der Waals surface area contributed by atoms with Crippen LogP contribution in [0.15, 0.2) is 0 Å². The molecule has 1 unspecified atom stereocenters. The molecule has 0 aromatic carbocycles. The number of aliphatic carboxylic acids is 1. The van der Waals surface area contributed by atoms with Gasteiger partial charge in [0.1, 0.15) is 5.60 Å². The van der Waals surface area contributed by atoms with Gasteiger partial charge in [-0.15, -0.1) is 0 Å². The van der Waals surface area contributed by atoms with Gasteiger partial charge in [-0.3, -0.25) is 4.79 Å². The van der Waals surface area contributed by atoms with Gasteiger partial charge in [0.15, 0.2) is 0 Å². The van der Waals surface area contributed by atoms with E-state index in [1.54, 1.807) is 20.8 Å². The van der Waals surface area contributed by atoms with E-state index in [4.69, 9.17) is 9.84 Å². The predicted octanol–water partition coefficient (Wildman–Crippen LogP) is 3.32.